The summed E-state index contributed by atoms with van der Waals surface area (Å²) in [5, 5.41) is 0. The number of nitrogens with zero attached hydrogens (tertiary/aromatic N) is 3. The largest absolute Gasteiger partial charge is 0.496 e. The fourth-order valence-electron chi connectivity index (χ4n) is 2.42. The zero-order chi connectivity index (χ0) is 15.0. The Morgan fingerprint density at radius 2 is 2.14 bits per heavy atom. The summed E-state index contributed by atoms with van der Waals surface area (Å²) in [6, 6.07) is 3.45. The molecule has 0 aliphatic carbocycles. The molecule has 3 heterocycles. The van der Waals surface area contributed by atoms with Crippen molar-refractivity contribution in [1.82, 2.24) is 14.5 Å². The van der Waals surface area contributed by atoms with Crippen LogP contribution in [0.15, 0.2) is 33.7 Å². The van der Waals surface area contributed by atoms with E-state index < -0.39 is 5.76 Å². The van der Waals surface area contributed by atoms with Gasteiger partial charge in [0.1, 0.15) is 5.75 Å². The second-order valence-electron chi connectivity index (χ2n) is 4.83. The van der Waals surface area contributed by atoms with Crippen molar-refractivity contribution in [2.24, 2.45) is 0 Å². The van der Waals surface area contributed by atoms with E-state index in [1.165, 1.54) is 4.57 Å². The SMILES string of the molecule is COc1c(C)cnc(Cn2c(=O)oc3cccnc32)c1C. The van der Waals surface area contributed by atoms with Crippen LogP contribution in [0.1, 0.15) is 16.8 Å². The molecule has 0 spiro atoms. The average molecular weight is 285 g/mol. The van der Waals surface area contributed by atoms with Crippen molar-refractivity contribution in [1.29, 1.82) is 0 Å². The molecule has 0 aliphatic rings. The van der Waals surface area contributed by atoms with E-state index in [-0.39, 0.29) is 0 Å². The number of rotatable bonds is 3. The maximum Gasteiger partial charge on any atom is 0.421 e. The lowest BCUT2D eigenvalue weighted by Gasteiger charge is -2.12. The molecule has 0 unspecified atom stereocenters. The van der Waals surface area contributed by atoms with E-state index >= 15 is 0 Å². The van der Waals surface area contributed by atoms with Crippen molar-refractivity contribution < 1.29 is 9.15 Å². The number of pyridine rings is 2. The van der Waals surface area contributed by atoms with E-state index in [4.69, 9.17) is 9.15 Å². The summed E-state index contributed by atoms with van der Waals surface area (Å²) in [6.07, 6.45) is 3.37. The first kappa shape index (κ1) is 13.4. The maximum absolute atomic E-state index is 12.0. The summed E-state index contributed by atoms with van der Waals surface area (Å²) in [7, 11) is 1.63. The van der Waals surface area contributed by atoms with E-state index in [9.17, 15) is 4.79 Å². The van der Waals surface area contributed by atoms with Crippen molar-refractivity contribution in [3.63, 3.8) is 0 Å². The number of fused-ring (bicyclic) bond motifs is 1. The van der Waals surface area contributed by atoms with Crippen LogP contribution in [0, 0.1) is 13.8 Å². The Bertz CT molecular complexity index is 864. The molecule has 3 rings (SSSR count). The Labute approximate surface area is 121 Å². The molecule has 6 heteroatoms. The number of hydrogen-bond acceptors (Lipinski definition) is 5. The summed E-state index contributed by atoms with van der Waals surface area (Å²) in [6.45, 7) is 4.16. The molecular weight excluding hydrogens is 270 g/mol. The third kappa shape index (κ3) is 2.18. The normalized spacial score (nSPS) is 11.0. The molecule has 0 atom stereocenters. The highest BCUT2D eigenvalue weighted by Gasteiger charge is 2.14. The van der Waals surface area contributed by atoms with Crippen molar-refractivity contribution in [3.8, 4) is 5.75 Å². The molecule has 0 aromatic carbocycles. The molecule has 0 aliphatic heterocycles. The van der Waals surface area contributed by atoms with Crippen LogP contribution in [-0.4, -0.2) is 21.6 Å². The van der Waals surface area contributed by atoms with Gasteiger partial charge in [-0.2, -0.15) is 0 Å². The van der Waals surface area contributed by atoms with E-state index in [0.717, 1.165) is 22.6 Å². The Morgan fingerprint density at radius 3 is 2.90 bits per heavy atom. The monoisotopic (exact) mass is 285 g/mol. The first-order valence-corrected chi connectivity index (χ1v) is 6.55. The first-order valence-electron chi connectivity index (χ1n) is 6.55. The second-order valence-corrected chi connectivity index (χ2v) is 4.83. The highest BCUT2D eigenvalue weighted by molar-refractivity contribution is 5.67. The van der Waals surface area contributed by atoms with Gasteiger partial charge < -0.3 is 9.15 Å². The van der Waals surface area contributed by atoms with Crippen molar-refractivity contribution in [3.05, 3.63) is 51.9 Å². The topological polar surface area (TPSA) is 70.2 Å². The van der Waals surface area contributed by atoms with Crippen LogP contribution in [-0.2, 0) is 6.54 Å². The minimum Gasteiger partial charge on any atom is -0.496 e. The van der Waals surface area contributed by atoms with Gasteiger partial charge in [-0.05, 0) is 26.0 Å². The number of hydrogen-bond donors (Lipinski definition) is 0. The van der Waals surface area contributed by atoms with Crippen LogP contribution >= 0.6 is 0 Å². The lowest BCUT2D eigenvalue weighted by atomic mass is 10.1. The van der Waals surface area contributed by atoms with E-state index in [1.54, 1.807) is 31.6 Å². The summed E-state index contributed by atoms with van der Waals surface area (Å²) >= 11 is 0. The van der Waals surface area contributed by atoms with Gasteiger partial charge in [-0.25, -0.2) is 9.78 Å². The minimum absolute atomic E-state index is 0.297. The summed E-state index contributed by atoms with van der Waals surface area (Å²) in [5.74, 6) is 0.346. The number of methoxy groups -OCH3 is 1. The van der Waals surface area contributed by atoms with Gasteiger partial charge in [0.2, 0.25) is 0 Å². The van der Waals surface area contributed by atoms with Gasteiger partial charge >= 0.3 is 5.76 Å². The molecule has 108 valence electrons. The molecule has 21 heavy (non-hydrogen) atoms. The fourth-order valence-corrected chi connectivity index (χ4v) is 2.42. The number of aromatic nitrogens is 3. The van der Waals surface area contributed by atoms with Gasteiger partial charge in [0.25, 0.3) is 0 Å². The minimum atomic E-state index is -0.440. The molecule has 3 aromatic rings. The molecule has 0 amide bonds. The zero-order valence-electron chi connectivity index (χ0n) is 12.1. The third-order valence-corrected chi connectivity index (χ3v) is 3.48. The summed E-state index contributed by atoms with van der Waals surface area (Å²) in [5.41, 5.74) is 3.62. The van der Waals surface area contributed by atoms with Gasteiger partial charge in [-0.1, -0.05) is 0 Å². The Morgan fingerprint density at radius 1 is 1.33 bits per heavy atom. The Kier molecular flexibility index (Phi) is 3.21. The zero-order valence-corrected chi connectivity index (χ0v) is 12.1. The predicted molar refractivity (Wildman–Crippen MR) is 77.6 cm³/mol. The van der Waals surface area contributed by atoms with Crippen LogP contribution < -0.4 is 10.5 Å². The lowest BCUT2D eigenvalue weighted by Crippen LogP contribution is -2.17. The number of oxazole rings is 1. The quantitative estimate of drug-likeness (QED) is 0.736. The summed E-state index contributed by atoms with van der Waals surface area (Å²) in [4.78, 5) is 20.6. The van der Waals surface area contributed by atoms with Gasteiger partial charge in [-0.3, -0.25) is 9.55 Å². The molecule has 0 N–H and O–H groups in total. The van der Waals surface area contributed by atoms with Crippen LogP contribution in [0.4, 0.5) is 0 Å². The molecular formula is C15H15N3O3. The van der Waals surface area contributed by atoms with E-state index in [2.05, 4.69) is 9.97 Å². The first-order chi connectivity index (χ1) is 10.1. The molecule has 3 aromatic heterocycles. The van der Waals surface area contributed by atoms with Gasteiger partial charge in [0, 0.05) is 23.5 Å². The smallest absolute Gasteiger partial charge is 0.421 e. The third-order valence-electron chi connectivity index (χ3n) is 3.48. The van der Waals surface area contributed by atoms with Crippen LogP contribution in [0.25, 0.3) is 11.2 Å². The Hall–Kier alpha value is -2.63. The standard InChI is InChI=1S/C15H15N3O3/c1-9-7-17-11(10(2)13(9)20-3)8-18-14-12(21-15(18)19)5-4-6-16-14/h4-7H,8H2,1-3H3. The van der Waals surface area contributed by atoms with Crippen molar-refractivity contribution >= 4 is 11.2 Å². The van der Waals surface area contributed by atoms with Gasteiger partial charge in [-0.15, -0.1) is 0 Å². The molecule has 0 bridgehead atoms. The van der Waals surface area contributed by atoms with Crippen LogP contribution in [0.3, 0.4) is 0 Å². The van der Waals surface area contributed by atoms with Crippen LogP contribution in [0.2, 0.25) is 0 Å². The molecule has 0 saturated carbocycles. The predicted octanol–water partition coefficient (Wildman–Crippen LogP) is 2.06. The lowest BCUT2D eigenvalue weighted by molar-refractivity contribution is 0.406. The highest BCUT2D eigenvalue weighted by Crippen LogP contribution is 2.24. The van der Waals surface area contributed by atoms with E-state index in [1.807, 2.05) is 13.8 Å². The maximum atomic E-state index is 12.0. The van der Waals surface area contributed by atoms with Gasteiger partial charge in [0.05, 0.1) is 19.3 Å². The van der Waals surface area contributed by atoms with Crippen molar-refractivity contribution in [2.45, 2.75) is 20.4 Å². The van der Waals surface area contributed by atoms with Crippen LogP contribution in [0.5, 0.6) is 5.75 Å². The fraction of sp³-hybridized carbons (Fsp3) is 0.267. The second kappa shape index (κ2) is 5.05. The van der Waals surface area contributed by atoms with Crippen molar-refractivity contribution in [2.75, 3.05) is 7.11 Å². The molecule has 0 saturated heterocycles. The molecule has 6 nitrogen and oxygen atoms in total. The number of ether oxygens (including phenoxy) is 1. The average Bonchev–Trinajstić information content (AvgIpc) is 2.78. The Balaban J connectivity index is 2.11. The highest BCUT2D eigenvalue weighted by atomic mass is 16.5. The molecule has 0 fully saturated rings. The molecule has 0 radical (unpaired) electrons. The van der Waals surface area contributed by atoms with E-state index in [0.29, 0.717) is 17.8 Å². The summed E-state index contributed by atoms with van der Waals surface area (Å²) < 4.78 is 12.0. The number of aryl methyl sites for hydroxylation is 1. The van der Waals surface area contributed by atoms with Gasteiger partial charge in [0.15, 0.2) is 11.2 Å².